The third-order valence-electron chi connectivity index (χ3n) is 11.9. The van der Waals surface area contributed by atoms with Crippen molar-refractivity contribution in [2.24, 2.45) is 16.7 Å². The Kier molecular flexibility index (Phi) is 16.9. The average molecular weight is 809 g/mol. The molecule has 1 aromatic heterocycles. The quantitative estimate of drug-likeness (QED) is 0.0419. The number of aromatic nitrogens is 3. The van der Waals surface area contributed by atoms with E-state index in [4.69, 9.17) is 35.3 Å². The molecule has 0 unspecified atom stereocenters. The molecule has 0 radical (unpaired) electrons. The van der Waals surface area contributed by atoms with E-state index in [1.807, 2.05) is 32.2 Å². The minimum absolute atomic E-state index is 0.125. The predicted molar refractivity (Wildman–Crippen MR) is 227 cm³/mol. The van der Waals surface area contributed by atoms with Crippen LogP contribution in [0.15, 0.2) is 42.1 Å². The standard InChI is InChI=1S/C46H66ClN3O7/c1-33(2)11-14-38-40(51)26-35(13-12-34-25-36-29-43-45(3,4)44(52)15-16-46(43,5)30-39(36)41(27-34)53-6)28-42(38)57-32-37-31-50(49-48-37)18-20-55-22-24-56-23-21-54-19-10-8-7-9-17-47/h11-13,25-28,31,43-44,51-52H,7-10,14-24,29-30,32H2,1-6H3/b13-12+/t43-,44-,46+/m1/s1. The highest BCUT2D eigenvalue weighted by Gasteiger charge is 2.53. The Morgan fingerprint density at radius 2 is 1.60 bits per heavy atom. The lowest BCUT2D eigenvalue weighted by atomic mass is 9.50. The first-order valence-corrected chi connectivity index (χ1v) is 21.3. The number of ether oxygens (including phenoxy) is 5. The monoisotopic (exact) mass is 807 g/mol. The highest BCUT2D eigenvalue weighted by molar-refractivity contribution is 6.17. The number of hydrogen-bond acceptors (Lipinski definition) is 9. The maximum Gasteiger partial charge on any atom is 0.134 e. The van der Waals surface area contributed by atoms with Crippen LogP contribution < -0.4 is 9.47 Å². The average Bonchev–Trinajstić information content (AvgIpc) is 3.64. The van der Waals surface area contributed by atoms with Crippen molar-refractivity contribution < 1.29 is 33.9 Å². The number of methoxy groups -OCH3 is 1. The Bertz CT molecular complexity index is 1790. The molecule has 1 saturated carbocycles. The first-order valence-electron chi connectivity index (χ1n) is 20.8. The highest BCUT2D eigenvalue weighted by atomic mass is 35.5. The number of alkyl halides is 1. The van der Waals surface area contributed by atoms with E-state index < -0.39 is 0 Å². The van der Waals surface area contributed by atoms with Crippen molar-refractivity contribution in [3.05, 3.63) is 75.6 Å². The van der Waals surface area contributed by atoms with E-state index in [0.717, 1.165) is 91.9 Å². The number of nitrogens with zero attached hydrogens (tertiary/aromatic N) is 3. The van der Waals surface area contributed by atoms with Crippen molar-refractivity contribution in [3.63, 3.8) is 0 Å². The van der Waals surface area contributed by atoms with Crippen molar-refractivity contribution in [1.82, 2.24) is 15.0 Å². The van der Waals surface area contributed by atoms with E-state index in [-0.39, 0.29) is 29.3 Å². The van der Waals surface area contributed by atoms with Crippen molar-refractivity contribution in [3.8, 4) is 17.2 Å². The van der Waals surface area contributed by atoms with E-state index in [0.29, 0.717) is 63.4 Å². The second kappa shape index (κ2) is 21.6. The second-order valence-electron chi connectivity index (χ2n) is 16.9. The molecule has 2 aliphatic rings. The van der Waals surface area contributed by atoms with E-state index >= 15 is 0 Å². The number of fused-ring (bicyclic) bond motifs is 2. The number of halogens is 1. The van der Waals surface area contributed by atoms with Gasteiger partial charge in [-0.2, -0.15) is 0 Å². The topological polar surface area (TPSA) is 117 Å². The minimum Gasteiger partial charge on any atom is -0.507 e. The number of phenolic OH excluding ortho intramolecular Hbond substituents is 1. The van der Waals surface area contributed by atoms with Crippen LogP contribution in [0.5, 0.6) is 17.2 Å². The van der Waals surface area contributed by atoms with Gasteiger partial charge in [0.2, 0.25) is 0 Å². The summed E-state index contributed by atoms with van der Waals surface area (Å²) in [6.45, 7) is 15.1. The lowest BCUT2D eigenvalue weighted by Crippen LogP contribution is -2.53. The van der Waals surface area contributed by atoms with Crippen LogP contribution in [-0.4, -0.2) is 83.9 Å². The number of unbranched alkanes of at least 4 members (excludes halogenated alkanes) is 3. The molecule has 0 amide bonds. The normalized spacial score (nSPS) is 20.0. The highest BCUT2D eigenvalue weighted by Crippen LogP contribution is 2.57. The number of rotatable bonds is 23. The maximum atomic E-state index is 11.2. The summed E-state index contributed by atoms with van der Waals surface area (Å²) in [5.74, 6) is 2.78. The van der Waals surface area contributed by atoms with Crippen LogP contribution in [-0.2, 0) is 46.6 Å². The molecule has 2 N–H and O–H groups in total. The summed E-state index contributed by atoms with van der Waals surface area (Å²) < 4.78 is 31.0. The molecule has 0 bridgehead atoms. The number of aliphatic hydroxyl groups is 1. The fourth-order valence-corrected chi connectivity index (χ4v) is 8.66. The fourth-order valence-electron chi connectivity index (χ4n) is 8.47. The smallest absolute Gasteiger partial charge is 0.134 e. The van der Waals surface area contributed by atoms with Crippen LogP contribution in [0.2, 0.25) is 0 Å². The zero-order valence-corrected chi connectivity index (χ0v) is 35.9. The van der Waals surface area contributed by atoms with Gasteiger partial charge >= 0.3 is 0 Å². The largest absolute Gasteiger partial charge is 0.507 e. The van der Waals surface area contributed by atoms with Gasteiger partial charge in [0, 0.05) is 18.1 Å². The van der Waals surface area contributed by atoms with Crippen molar-refractivity contribution in [2.45, 2.75) is 112 Å². The SMILES string of the molecule is COc1cc(/C=C/c2cc(O)c(CC=C(C)C)c(OCc3cn(CCOCCOCCOCCCCCCCl)nn3)c2)cc2c1C[C@]1(C)CC[C@@H](O)C(C)(C)[C@H]1C2. The van der Waals surface area contributed by atoms with Crippen LogP contribution in [0.1, 0.15) is 107 Å². The van der Waals surface area contributed by atoms with Crippen LogP contribution in [0.4, 0.5) is 0 Å². The number of hydrogen-bond donors (Lipinski definition) is 2. The Morgan fingerprint density at radius 1 is 0.912 bits per heavy atom. The van der Waals surface area contributed by atoms with Gasteiger partial charge in [-0.15, -0.1) is 16.7 Å². The van der Waals surface area contributed by atoms with E-state index in [1.54, 1.807) is 17.9 Å². The predicted octanol–water partition coefficient (Wildman–Crippen LogP) is 9.00. The number of phenols is 1. The number of aliphatic hydroxyl groups excluding tert-OH is 1. The molecule has 3 aromatic rings. The molecule has 2 aliphatic carbocycles. The first-order chi connectivity index (χ1) is 27.4. The second-order valence-corrected chi connectivity index (χ2v) is 17.2. The third kappa shape index (κ3) is 12.5. The summed E-state index contributed by atoms with van der Waals surface area (Å²) in [6.07, 6.45) is 16.4. The van der Waals surface area contributed by atoms with Crippen molar-refractivity contribution in [1.29, 1.82) is 0 Å². The molecule has 11 heteroatoms. The van der Waals surface area contributed by atoms with E-state index in [2.05, 4.69) is 55.4 Å². The third-order valence-corrected chi connectivity index (χ3v) is 12.1. The zero-order valence-electron chi connectivity index (χ0n) is 35.2. The Hall–Kier alpha value is -3.41. The van der Waals surface area contributed by atoms with E-state index in [1.165, 1.54) is 11.1 Å². The van der Waals surface area contributed by atoms with Gasteiger partial charge in [0.25, 0.3) is 0 Å². The number of aromatic hydroxyl groups is 1. The van der Waals surface area contributed by atoms with Gasteiger partial charge in [-0.1, -0.05) is 68.7 Å². The fraction of sp³-hybridized carbons (Fsp3) is 0.609. The summed E-state index contributed by atoms with van der Waals surface area (Å²) in [6, 6.07) is 8.12. The van der Waals surface area contributed by atoms with Gasteiger partial charge < -0.3 is 33.9 Å². The van der Waals surface area contributed by atoms with Gasteiger partial charge in [0.1, 0.15) is 29.5 Å². The Balaban J connectivity index is 1.16. The molecule has 0 aliphatic heterocycles. The summed E-state index contributed by atoms with van der Waals surface area (Å²) in [5.41, 5.74) is 6.92. The number of allylic oxidation sites excluding steroid dienone is 2. The summed E-state index contributed by atoms with van der Waals surface area (Å²) in [5, 5.41) is 30.7. The molecule has 1 heterocycles. The molecule has 2 aromatic carbocycles. The summed E-state index contributed by atoms with van der Waals surface area (Å²) >= 11 is 5.71. The molecule has 1 fully saturated rings. The lowest BCUT2D eigenvalue weighted by Gasteiger charge is -2.56. The van der Waals surface area contributed by atoms with Gasteiger partial charge in [-0.05, 0) is 116 Å². The molecule has 10 nitrogen and oxygen atoms in total. The van der Waals surface area contributed by atoms with Crippen LogP contribution in [0.25, 0.3) is 12.2 Å². The Morgan fingerprint density at radius 3 is 2.32 bits per heavy atom. The molecule has 0 spiro atoms. The molecule has 3 atom stereocenters. The molecular formula is C46H66ClN3O7. The lowest BCUT2D eigenvalue weighted by molar-refractivity contribution is -0.0984. The van der Waals surface area contributed by atoms with Gasteiger partial charge in [0.15, 0.2) is 0 Å². The molecule has 314 valence electrons. The van der Waals surface area contributed by atoms with Crippen LogP contribution >= 0.6 is 11.6 Å². The summed E-state index contributed by atoms with van der Waals surface area (Å²) in [7, 11) is 1.75. The van der Waals surface area contributed by atoms with Crippen molar-refractivity contribution >= 4 is 23.8 Å². The molecular weight excluding hydrogens is 742 g/mol. The molecule has 57 heavy (non-hydrogen) atoms. The summed E-state index contributed by atoms with van der Waals surface area (Å²) in [4.78, 5) is 0. The van der Waals surface area contributed by atoms with E-state index in [9.17, 15) is 10.2 Å². The zero-order chi connectivity index (χ0) is 40.8. The minimum atomic E-state index is -0.295. The van der Waals surface area contributed by atoms with Gasteiger partial charge in [0.05, 0.1) is 59.0 Å². The molecule has 5 rings (SSSR count). The number of benzene rings is 2. The molecule has 0 saturated heterocycles. The van der Waals surface area contributed by atoms with Crippen LogP contribution in [0.3, 0.4) is 0 Å². The van der Waals surface area contributed by atoms with Crippen LogP contribution in [0, 0.1) is 16.7 Å². The maximum absolute atomic E-state index is 11.2. The van der Waals surface area contributed by atoms with Crippen molar-refractivity contribution in [2.75, 3.05) is 52.6 Å². The Labute approximate surface area is 345 Å². The first kappa shape index (κ1) is 44.7. The van der Waals surface area contributed by atoms with Gasteiger partial charge in [-0.25, -0.2) is 4.68 Å². The van der Waals surface area contributed by atoms with Gasteiger partial charge in [-0.3, -0.25) is 0 Å².